The SMILES string of the molecule is CCOC(=O)N1CCN(C(=O)c2cc(C(C)C)nc3c2c(C)nn3C(C)(C)C)CC1. The van der Waals surface area contributed by atoms with Gasteiger partial charge in [-0.05, 0) is 46.6 Å². The van der Waals surface area contributed by atoms with Gasteiger partial charge >= 0.3 is 6.09 Å². The predicted octanol–water partition coefficient (Wildman–Crippen LogP) is 3.53. The fourth-order valence-corrected chi connectivity index (χ4v) is 3.72. The molecule has 8 nitrogen and oxygen atoms in total. The lowest BCUT2D eigenvalue weighted by Crippen LogP contribution is -2.50. The standard InChI is InChI=1S/C22H33N5O3/c1-8-30-21(29)26-11-9-25(10-12-26)20(28)16-13-17(14(2)3)23-19-18(16)15(4)24-27(19)22(5,6)7/h13-14H,8-12H2,1-7H3. The number of amides is 2. The van der Waals surface area contributed by atoms with Gasteiger partial charge in [0.1, 0.15) is 0 Å². The summed E-state index contributed by atoms with van der Waals surface area (Å²) in [4.78, 5) is 33.8. The fourth-order valence-electron chi connectivity index (χ4n) is 3.72. The van der Waals surface area contributed by atoms with Crippen LogP contribution in [0.3, 0.4) is 0 Å². The van der Waals surface area contributed by atoms with Crippen LogP contribution in [0.5, 0.6) is 0 Å². The number of carbonyl (C=O) groups is 2. The average Bonchev–Trinajstić information content (AvgIpc) is 3.04. The van der Waals surface area contributed by atoms with Gasteiger partial charge in [0, 0.05) is 31.9 Å². The Bertz CT molecular complexity index is 950. The predicted molar refractivity (Wildman–Crippen MR) is 116 cm³/mol. The number of rotatable bonds is 3. The summed E-state index contributed by atoms with van der Waals surface area (Å²) in [5.74, 6) is 0.148. The molecule has 1 fully saturated rings. The van der Waals surface area contributed by atoms with Crippen molar-refractivity contribution in [2.24, 2.45) is 0 Å². The molecular weight excluding hydrogens is 382 g/mol. The molecule has 0 unspecified atom stereocenters. The van der Waals surface area contributed by atoms with Crippen molar-refractivity contribution in [3.8, 4) is 0 Å². The highest BCUT2D eigenvalue weighted by Crippen LogP contribution is 2.29. The second kappa shape index (κ2) is 8.24. The maximum atomic E-state index is 13.5. The van der Waals surface area contributed by atoms with Gasteiger partial charge in [-0.3, -0.25) is 4.79 Å². The molecule has 8 heteroatoms. The maximum absolute atomic E-state index is 13.5. The number of hydrogen-bond donors (Lipinski definition) is 0. The zero-order valence-corrected chi connectivity index (χ0v) is 19.2. The van der Waals surface area contributed by atoms with Crippen LogP contribution in [0.4, 0.5) is 4.79 Å². The Balaban J connectivity index is 1.98. The molecule has 0 saturated carbocycles. The van der Waals surface area contributed by atoms with E-state index >= 15 is 0 Å². The molecule has 0 bridgehead atoms. The van der Waals surface area contributed by atoms with Gasteiger partial charge < -0.3 is 14.5 Å². The second-order valence-corrected chi connectivity index (χ2v) is 9.09. The molecule has 0 aromatic carbocycles. The van der Waals surface area contributed by atoms with Crippen molar-refractivity contribution in [2.75, 3.05) is 32.8 Å². The van der Waals surface area contributed by atoms with Gasteiger partial charge in [-0.2, -0.15) is 5.10 Å². The number of piperazine rings is 1. The Labute approximate surface area is 178 Å². The zero-order chi connectivity index (χ0) is 22.2. The van der Waals surface area contributed by atoms with Crippen LogP contribution in [0.25, 0.3) is 11.0 Å². The number of hydrogen-bond acceptors (Lipinski definition) is 5. The largest absolute Gasteiger partial charge is 0.450 e. The van der Waals surface area contributed by atoms with Crippen LogP contribution < -0.4 is 0 Å². The van der Waals surface area contributed by atoms with Crippen LogP contribution >= 0.6 is 0 Å². The summed E-state index contributed by atoms with van der Waals surface area (Å²) in [6.45, 7) is 16.4. The Morgan fingerprint density at radius 2 is 1.73 bits per heavy atom. The summed E-state index contributed by atoms with van der Waals surface area (Å²) in [6, 6.07) is 1.91. The first kappa shape index (κ1) is 22.1. The minimum absolute atomic E-state index is 0.0376. The van der Waals surface area contributed by atoms with Crippen LogP contribution in [0.1, 0.15) is 69.2 Å². The van der Waals surface area contributed by atoms with E-state index < -0.39 is 0 Å². The average molecular weight is 416 g/mol. The third-order valence-corrected chi connectivity index (χ3v) is 5.38. The Kier molecular flexibility index (Phi) is 6.06. The summed E-state index contributed by atoms with van der Waals surface area (Å²) in [5, 5.41) is 5.53. The highest BCUT2D eigenvalue weighted by atomic mass is 16.6. The fraction of sp³-hybridized carbons (Fsp3) is 0.636. The van der Waals surface area contributed by atoms with E-state index in [-0.39, 0.29) is 23.5 Å². The van der Waals surface area contributed by atoms with Crippen LogP contribution in [0, 0.1) is 6.92 Å². The highest BCUT2D eigenvalue weighted by molar-refractivity contribution is 6.06. The smallest absolute Gasteiger partial charge is 0.409 e. The molecule has 2 amide bonds. The first-order valence-electron chi connectivity index (χ1n) is 10.7. The number of carbonyl (C=O) groups excluding carboxylic acids is 2. The lowest BCUT2D eigenvalue weighted by Gasteiger charge is -2.34. The molecule has 0 radical (unpaired) electrons. The first-order valence-corrected chi connectivity index (χ1v) is 10.7. The summed E-state index contributed by atoms with van der Waals surface area (Å²) in [7, 11) is 0. The molecule has 30 heavy (non-hydrogen) atoms. The second-order valence-electron chi connectivity index (χ2n) is 9.09. The van der Waals surface area contributed by atoms with Crippen LogP contribution in [0.15, 0.2) is 6.07 Å². The third kappa shape index (κ3) is 4.13. The van der Waals surface area contributed by atoms with Crippen LogP contribution in [-0.4, -0.2) is 69.4 Å². The van der Waals surface area contributed by atoms with Crippen molar-refractivity contribution in [1.82, 2.24) is 24.6 Å². The monoisotopic (exact) mass is 415 g/mol. The Morgan fingerprint density at radius 3 is 2.27 bits per heavy atom. The lowest BCUT2D eigenvalue weighted by atomic mass is 10.0. The van der Waals surface area contributed by atoms with E-state index in [4.69, 9.17) is 14.8 Å². The normalized spacial score (nSPS) is 15.2. The topological polar surface area (TPSA) is 80.6 Å². The maximum Gasteiger partial charge on any atom is 0.409 e. The Morgan fingerprint density at radius 1 is 1.13 bits per heavy atom. The van der Waals surface area contributed by atoms with E-state index in [0.717, 1.165) is 22.4 Å². The molecule has 0 atom stereocenters. The van der Waals surface area contributed by atoms with Gasteiger partial charge in [0.25, 0.3) is 5.91 Å². The third-order valence-electron chi connectivity index (χ3n) is 5.38. The summed E-state index contributed by atoms with van der Waals surface area (Å²) in [5.41, 5.74) is 2.82. The van der Waals surface area contributed by atoms with Gasteiger partial charge in [-0.15, -0.1) is 0 Å². The number of fused-ring (bicyclic) bond motifs is 1. The molecule has 0 aliphatic carbocycles. The summed E-state index contributed by atoms with van der Waals surface area (Å²) < 4.78 is 6.99. The molecule has 164 valence electrons. The molecule has 0 N–H and O–H groups in total. The van der Waals surface area contributed by atoms with Crippen LogP contribution in [-0.2, 0) is 10.3 Å². The van der Waals surface area contributed by atoms with E-state index in [1.54, 1.807) is 11.8 Å². The van der Waals surface area contributed by atoms with Crippen molar-refractivity contribution in [2.45, 2.75) is 59.9 Å². The zero-order valence-electron chi connectivity index (χ0n) is 19.2. The van der Waals surface area contributed by atoms with Crippen LogP contribution in [0.2, 0.25) is 0 Å². The van der Waals surface area contributed by atoms with Crippen molar-refractivity contribution in [3.63, 3.8) is 0 Å². The highest BCUT2D eigenvalue weighted by Gasteiger charge is 2.30. The minimum Gasteiger partial charge on any atom is -0.450 e. The van der Waals surface area contributed by atoms with Crippen molar-refractivity contribution in [1.29, 1.82) is 0 Å². The number of ether oxygens (including phenoxy) is 1. The number of aryl methyl sites for hydroxylation is 1. The molecule has 1 aliphatic heterocycles. The van der Waals surface area contributed by atoms with E-state index in [1.807, 2.05) is 22.6 Å². The quantitative estimate of drug-likeness (QED) is 0.766. The van der Waals surface area contributed by atoms with E-state index in [0.29, 0.717) is 38.3 Å². The molecule has 0 spiro atoms. The minimum atomic E-state index is -0.319. The molecule has 3 heterocycles. The van der Waals surface area contributed by atoms with Gasteiger partial charge in [0.05, 0.1) is 28.8 Å². The van der Waals surface area contributed by atoms with Gasteiger partial charge in [0.2, 0.25) is 0 Å². The molecule has 2 aromatic heterocycles. The molecule has 2 aromatic rings. The van der Waals surface area contributed by atoms with Crippen molar-refractivity contribution in [3.05, 3.63) is 23.0 Å². The number of aromatic nitrogens is 3. The molecule has 3 rings (SSSR count). The van der Waals surface area contributed by atoms with Gasteiger partial charge in [-0.25, -0.2) is 14.5 Å². The Hall–Kier alpha value is -2.64. The lowest BCUT2D eigenvalue weighted by molar-refractivity contribution is 0.0572. The number of nitrogens with zero attached hydrogens (tertiary/aromatic N) is 5. The molecular formula is C22H33N5O3. The number of pyridine rings is 1. The summed E-state index contributed by atoms with van der Waals surface area (Å²) >= 11 is 0. The van der Waals surface area contributed by atoms with Gasteiger partial charge in [-0.1, -0.05) is 13.8 Å². The molecule has 1 aliphatic rings. The van der Waals surface area contributed by atoms with E-state index in [1.165, 1.54) is 0 Å². The summed E-state index contributed by atoms with van der Waals surface area (Å²) in [6.07, 6.45) is -0.319. The van der Waals surface area contributed by atoms with Crippen molar-refractivity contribution < 1.29 is 14.3 Å². The van der Waals surface area contributed by atoms with E-state index in [9.17, 15) is 9.59 Å². The van der Waals surface area contributed by atoms with E-state index in [2.05, 4.69) is 34.6 Å². The molecule has 1 saturated heterocycles. The van der Waals surface area contributed by atoms with Gasteiger partial charge in [0.15, 0.2) is 5.65 Å². The van der Waals surface area contributed by atoms with Crippen molar-refractivity contribution >= 4 is 23.0 Å². The first-order chi connectivity index (χ1) is 14.0.